The molecule has 1 N–H and O–H groups in total. The van der Waals surface area contributed by atoms with E-state index in [2.05, 4.69) is 22.0 Å². The Labute approximate surface area is 140 Å². The van der Waals surface area contributed by atoms with E-state index in [1.165, 1.54) is 5.56 Å². The van der Waals surface area contributed by atoms with Crippen LogP contribution in [0.3, 0.4) is 0 Å². The molecule has 0 atom stereocenters. The Bertz CT molecular complexity index is 620. The molecule has 122 valence electrons. The Morgan fingerprint density at radius 2 is 2.00 bits per heavy atom. The fourth-order valence-corrected chi connectivity index (χ4v) is 4.04. The number of hydrogen-bond donors (Lipinski definition) is 1. The van der Waals surface area contributed by atoms with Gasteiger partial charge in [-0.1, -0.05) is 30.3 Å². The van der Waals surface area contributed by atoms with Crippen molar-refractivity contribution in [1.82, 2.24) is 4.98 Å². The third-order valence-corrected chi connectivity index (χ3v) is 5.66. The van der Waals surface area contributed by atoms with Gasteiger partial charge >= 0.3 is 5.97 Å². The van der Waals surface area contributed by atoms with E-state index in [4.69, 9.17) is 0 Å². The van der Waals surface area contributed by atoms with Crippen LogP contribution in [0.15, 0.2) is 41.9 Å². The van der Waals surface area contributed by atoms with E-state index in [1.54, 1.807) is 17.5 Å². The minimum absolute atomic E-state index is 0.567. The van der Waals surface area contributed by atoms with Crippen molar-refractivity contribution in [2.45, 2.75) is 32.1 Å². The summed E-state index contributed by atoms with van der Waals surface area (Å²) in [5, 5.41) is 12.7. The van der Waals surface area contributed by atoms with Crippen LogP contribution in [0.5, 0.6) is 0 Å². The molecule has 4 nitrogen and oxygen atoms in total. The standard InChI is InChI=1S/C18H22N2O2S/c21-16(22)18(8-4-7-15-5-2-1-3-6-15)9-12-20(13-10-18)17-19-11-14-23-17/h1-3,5-6,11,14H,4,7-10,12-13H2,(H,21,22). The first kappa shape index (κ1) is 16.0. The predicted molar refractivity (Wildman–Crippen MR) is 93.0 cm³/mol. The number of benzene rings is 1. The summed E-state index contributed by atoms with van der Waals surface area (Å²) in [7, 11) is 0. The number of hydrogen-bond acceptors (Lipinski definition) is 4. The minimum atomic E-state index is -0.635. The number of piperidine rings is 1. The largest absolute Gasteiger partial charge is 0.481 e. The van der Waals surface area contributed by atoms with E-state index in [0.717, 1.165) is 37.5 Å². The Kier molecular flexibility index (Phi) is 4.96. The summed E-state index contributed by atoms with van der Waals surface area (Å²) in [6, 6.07) is 10.3. The summed E-state index contributed by atoms with van der Waals surface area (Å²) in [6.07, 6.45) is 5.84. The average molecular weight is 330 g/mol. The fourth-order valence-electron chi connectivity index (χ4n) is 3.34. The third kappa shape index (κ3) is 3.72. The van der Waals surface area contributed by atoms with Crippen molar-refractivity contribution >= 4 is 22.4 Å². The summed E-state index contributed by atoms with van der Waals surface area (Å²) in [5.74, 6) is -0.635. The van der Waals surface area contributed by atoms with Crippen molar-refractivity contribution in [3.05, 3.63) is 47.5 Å². The normalized spacial score (nSPS) is 17.1. The molecule has 0 aliphatic carbocycles. The Hall–Kier alpha value is -1.88. The zero-order chi connectivity index (χ0) is 16.1. The van der Waals surface area contributed by atoms with Crippen molar-refractivity contribution in [1.29, 1.82) is 0 Å². The van der Waals surface area contributed by atoms with Gasteiger partial charge in [-0.15, -0.1) is 11.3 Å². The van der Waals surface area contributed by atoms with Crippen LogP contribution in [-0.4, -0.2) is 29.1 Å². The van der Waals surface area contributed by atoms with E-state index in [-0.39, 0.29) is 0 Å². The van der Waals surface area contributed by atoms with E-state index < -0.39 is 11.4 Å². The Morgan fingerprint density at radius 1 is 1.26 bits per heavy atom. The van der Waals surface area contributed by atoms with Crippen LogP contribution in [0, 0.1) is 5.41 Å². The molecule has 2 aromatic rings. The van der Waals surface area contributed by atoms with Gasteiger partial charge in [0.2, 0.25) is 0 Å². The predicted octanol–water partition coefficient (Wildman–Crippen LogP) is 3.84. The van der Waals surface area contributed by atoms with Crippen molar-refractivity contribution in [3.8, 4) is 0 Å². The lowest BCUT2D eigenvalue weighted by molar-refractivity contribution is -0.150. The van der Waals surface area contributed by atoms with Gasteiger partial charge in [-0.05, 0) is 37.7 Å². The summed E-state index contributed by atoms with van der Waals surface area (Å²) < 4.78 is 0. The maximum Gasteiger partial charge on any atom is 0.309 e. The van der Waals surface area contributed by atoms with Crippen molar-refractivity contribution in [3.63, 3.8) is 0 Å². The molecule has 1 aromatic heterocycles. The molecule has 0 spiro atoms. The smallest absolute Gasteiger partial charge is 0.309 e. The highest BCUT2D eigenvalue weighted by atomic mass is 32.1. The second kappa shape index (κ2) is 7.13. The molecule has 0 radical (unpaired) electrons. The minimum Gasteiger partial charge on any atom is -0.481 e. The molecule has 1 saturated heterocycles. The highest BCUT2D eigenvalue weighted by Gasteiger charge is 2.41. The van der Waals surface area contributed by atoms with Gasteiger partial charge in [-0.25, -0.2) is 4.98 Å². The molecule has 2 heterocycles. The van der Waals surface area contributed by atoms with Crippen molar-refractivity contribution < 1.29 is 9.90 Å². The topological polar surface area (TPSA) is 53.4 Å². The number of carbonyl (C=O) groups is 1. The third-order valence-electron chi connectivity index (χ3n) is 4.83. The van der Waals surface area contributed by atoms with Crippen LogP contribution in [0.4, 0.5) is 5.13 Å². The van der Waals surface area contributed by atoms with Crippen molar-refractivity contribution in [2.24, 2.45) is 5.41 Å². The number of rotatable bonds is 6. The van der Waals surface area contributed by atoms with Crippen molar-refractivity contribution in [2.75, 3.05) is 18.0 Å². The van der Waals surface area contributed by atoms with E-state index in [1.807, 2.05) is 23.6 Å². The quantitative estimate of drug-likeness (QED) is 0.874. The summed E-state index contributed by atoms with van der Waals surface area (Å²) in [6.45, 7) is 1.57. The SMILES string of the molecule is O=C(O)C1(CCCc2ccccc2)CCN(c2nccs2)CC1. The van der Waals surface area contributed by atoms with Crippen LogP contribution >= 0.6 is 11.3 Å². The highest BCUT2D eigenvalue weighted by molar-refractivity contribution is 7.13. The summed E-state index contributed by atoms with van der Waals surface area (Å²) in [5.41, 5.74) is 0.719. The number of anilines is 1. The van der Waals surface area contributed by atoms with E-state index in [9.17, 15) is 9.90 Å². The zero-order valence-electron chi connectivity index (χ0n) is 13.1. The Morgan fingerprint density at radius 3 is 2.61 bits per heavy atom. The van der Waals surface area contributed by atoms with Gasteiger partial charge in [0.25, 0.3) is 0 Å². The molecule has 0 bridgehead atoms. The molecule has 23 heavy (non-hydrogen) atoms. The number of nitrogens with zero attached hydrogens (tertiary/aromatic N) is 2. The lowest BCUT2D eigenvalue weighted by Gasteiger charge is -2.39. The Balaban J connectivity index is 1.57. The highest BCUT2D eigenvalue weighted by Crippen LogP contribution is 2.38. The molecule has 1 aromatic carbocycles. The van der Waals surface area contributed by atoms with Gasteiger partial charge < -0.3 is 10.0 Å². The van der Waals surface area contributed by atoms with Crippen LogP contribution in [0.25, 0.3) is 0 Å². The second-order valence-electron chi connectivity index (χ2n) is 6.23. The molecule has 1 aliphatic rings. The molecule has 3 rings (SSSR count). The first-order valence-electron chi connectivity index (χ1n) is 8.11. The fraction of sp³-hybridized carbons (Fsp3) is 0.444. The monoisotopic (exact) mass is 330 g/mol. The molecule has 0 saturated carbocycles. The molecular weight excluding hydrogens is 308 g/mol. The zero-order valence-corrected chi connectivity index (χ0v) is 14.0. The first-order chi connectivity index (χ1) is 11.2. The maximum atomic E-state index is 11.9. The number of aromatic nitrogens is 1. The number of thiazole rings is 1. The number of aryl methyl sites for hydroxylation is 1. The molecule has 0 unspecified atom stereocenters. The lowest BCUT2D eigenvalue weighted by Crippen LogP contribution is -2.44. The second-order valence-corrected chi connectivity index (χ2v) is 7.10. The molecule has 1 aliphatic heterocycles. The maximum absolute atomic E-state index is 11.9. The molecular formula is C18H22N2O2S. The van der Waals surface area contributed by atoms with Crippen LogP contribution in [0.2, 0.25) is 0 Å². The molecule has 1 fully saturated rings. The summed E-state index contributed by atoms with van der Waals surface area (Å²) >= 11 is 1.62. The number of aliphatic carboxylic acids is 1. The average Bonchev–Trinajstić information content (AvgIpc) is 3.11. The van der Waals surface area contributed by atoms with Gasteiger partial charge in [0.1, 0.15) is 0 Å². The van der Waals surface area contributed by atoms with Crippen LogP contribution < -0.4 is 4.90 Å². The van der Waals surface area contributed by atoms with E-state index in [0.29, 0.717) is 12.8 Å². The molecule has 0 amide bonds. The summed E-state index contributed by atoms with van der Waals surface area (Å²) in [4.78, 5) is 18.4. The van der Waals surface area contributed by atoms with E-state index >= 15 is 0 Å². The molecule has 5 heteroatoms. The van der Waals surface area contributed by atoms with Gasteiger partial charge in [0.05, 0.1) is 5.41 Å². The van der Waals surface area contributed by atoms with Gasteiger partial charge in [0.15, 0.2) is 5.13 Å². The number of carboxylic acids is 1. The number of carboxylic acid groups (broad SMARTS) is 1. The van der Waals surface area contributed by atoms with Gasteiger partial charge in [0, 0.05) is 24.7 Å². The van der Waals surface area contributed by atoms with Gasteiger partial charge in [-0.3, -0.25) is 4.79 Å². The van der Waals surface area contributed by atoms with Crippen LogP contribution in [0.1, 0.15) is 31.2 Å². The lowest BCUT2D eigenvalue weighted by atomic mass is 9.74. The van der Waals surface area contributed by atoms with Crippen LogP contribution in [-0.2, 0) is 11.2 Å². The van der Waals surface area contributed by atoms with Gasteiger partial charge in [-0.2, -0.15) is 0 Å². The first-order valence-corrected chi connectivity index (χ1v) is 8.99.